The number of likely N-dealkylation sites (tertiary alicyclic amines) is 1. The van der Waals surface area contributed by atoms with E-state index >= 15 is 0 Å². The molecule has 0 unspecified atom stereocenters. The molecule has 0 saturated carbocycles. The second kappa shape index (κ2) is 8.38. The molecule has 2 heterocycles. The van der Waals surface area contributed by atoms with Crippen LogP contribution in [0.1, 0.15) is 39.2 Å². The van der Waals surface area contributed by atoms with E-state index in [2.05, 4.69) is 10.3 Å². The van der Waals surface area contributed by atoms with Gasteiger partial charge in [-0.2, -0.15) is 0 Å². The van der Waals surface area contributed by atoms with Crippen molar-refractivity contribution < 1.29 is 14.3 Å². The van der Waals surface area contributed by atoms with Crippen LogP contribution in [0.15, 0.2) is 18.3 Å². The molecule has 1 aliphatic heterocycles. The number of anilines is 1. The van der Waals surface area contributed by atoms with Gasteiger partial charge in [-0.3, -0.25) is 4.79 Å². The van der Waals surface area contributed by atoms with Gasteiger partial charge in [0.05, 0.1) is 6.42 Å². The van der Waals surface area contributed by atoms with Gasteiger partial charge in [-0.25, -0.2) is 9.78 Å². The van der Waals surface area contributed by atoms with Crippen molar-refractivity contribution in [3.05, 3.63) is 23.9 Å². The van der Waals surface area contributed by atoms with Crippen LogP contribution < -0.4 is 10.2 Å². The average molecular weight is 362 g/mol. The maximum Gasteiger partial charge on any atom is 0.410 e. The number of ether oxygens (including phenoxy) is 1. The van der Waals surface area contributed by atoms with Gasteiger partial charge >= 0.3 is 6.09 Å². The molecule has 1 aromatic heterocycles. The van der Waals surface area contributed by atoms with Gasteiger partial charge < -0.3 is 19.9 Å². The Morgan fingerprint density at radius 1 is 1.27 bits per heavy atom. The van der Waals surface area contributed by atoms with Crippen molar-refractivity contribution in [2.45, 2.75) is 51.7 Å². The fourth-order valence-corrected chi connectivity index (χ4v) is 2.78. The Balaban J connectivity index is 1.76. The monoisotopic (exact) mass is 362 g/mol. The second-order valence-electron chi connectivity index (χ2n) is 7.91. The van der Waals surface area contributed by atoms with E-state index in [1.165, 1.54) is 0 Å². The van der Waals surface area contributed by atoms with Crippen LogP contribution in [0, 0.1) is 0 Å². The van der Waals surface area contributed by atoms with E-state index in [1.807, 2.05) is 51.9 Å². The summed E-state index contributed by atoms with van der Waals surface area (Å²) in [6.07, 6.45) is 3.24. The minimum atomic E-state index is -0.488. The number of pyridine rings is 1. The lowest BCUT2D eigenvalue weighted by molar-refractivity contribution is -0.121. The number of hydrogen-bond donors (Lipinski definition) is 1. The molecule has 0 spiro atoms. The quantitative estimate of drug-likeness (QED) is 0.889. The first-order valence-corrected chi connectivity index (χ1v) is 9.03. The van der Waals surface area contributed by atoms with Crippen LogP contribution in [0.2, 0.25) is 0 Å². The molecule has 1 aromatic rings. The Morgan fingerprint density at radius 3 is 2.42 bits per heavy atom. The third-order valence-corrected chi connectivity index (χ3v) is 4.14. The summed E-state index contributed by atoms with van der Waals surface area (Å²) in [7, 11) is 3.86. The first-order chi connectivity index (χ1) is 12.1. The van der Waals surface area contributed by atoms with Gasteiger partial charge in [0.25, 0.3) is 0 Å². The molecule has 0 bridgehead atoms. The largest absolute Gasteiger partial charge is 0.444 e. The number of piperidine rings is 1. The van der Waals surface area contributed by atoms with Crippen LogP contribution in [0.25, 0.3) is 0 Å². The predicted molar refractivity (Wildman–Crippen MR) is 101 cm³/mol. The predicted octanol–water partition coefficient (Wildman–Crippen LogP) is 2.21. The summed E-state index contributed by atoms with van der Waals surface area (Å²) in [6, 6.07) is 3.92. The van der Waals surface area contributed by atoms with E-state index in [1.54, 1.807) is 11.1 Å². The number of amides is 2. The number of hydrogen-bond acceptors (Lipinski definition) is 5. The van der Waals surface area contributed by atoms with Gasteiger partial charge in [-0.05, 0) is 45.2 Å². The molecule has 1 saturated heterocycles. The summed E-state index contributed by atoms with van der Waals surface area (Å²) in [5.74, 6) is 0.851. The molecule has 7 nitrogen and oxygen atoms in total. The smallest absolute Gasteiger partial charge is 0.410 e. The van der Waals surface area contributed by atoms with Gasteiger partial charge in [0.15, 0.2) is 0 Å². The summed E-state index contributed by atoms with van der Waals surface area (Å²) in [5.41, 5.74) is 0.400. The SMILES string of the molecule is CN(C)c1ccc(CC(=O)NC2CCN(C(=O)OC(C)(C)C)CC2)cn1. The Hall–Kier alpha value is -2.31. The number of nitrogens with zero attached hydrogens (tertiary/aromatic N) is 3. The van der Waals surface area contributed by atoms with Crippen LogP contribution >= 0.6 is 0 Å². The van der Waals surface area contributed by atoms with E-state index < -0.39 is 5.60 Å². The zero-order valence-corrected chi connectivity index (χ0v) is 16.4. The molecule has 0 atom stereocenters. The third-order valence-electron chi connectivity index (χ3n) is 4.14. The van der Waals surface area contributed by atoms with Crippen molar-refractivity contribution in [3.63, 3.8) is 0 Å². The zero-order chi connectivity index (χ0) is 19.3. The van der Waals surface area contributed by atoms with E-state index in [4.69, 9.17) is 4.74 Å². The van der Waals surface area contributed by atoms with Gasteiger partial charge in [-0.1, -0.05) is 6.07 Å². The third kappa shape index (κ3) is 6.20. The molecule has 2 amide bonds. The van der Waals surface area contributed by atoms with Gasteiger partial charge in [0.1, 0.15) is 11.4 Å². The lowest BCUT2D eigenvalue weighted by Gasteiger charge is -2.33. The van der Waals surface area contributed by atoms with Crippen LogP contribution in [-0.2, 0) is 16.0 Å². The zero-order valence-electron chi connectivity index (χ0n) is 16.4. The molecule has 0 radical (unpaired) electrons. The molecule has 26 heavy (non-hydrogen) atoms. The van der Waals surface area contributed by atoms with E-state index in [0.717, 1.165) is 24.2 Å². The molecule has 2 rings (SSSR count). The molecule has 0 aliphatic carbocycles. The molecule has 144 valence electrons. The first kappa shape index (κ1) is 20.0. The maximum absolute atomic E-state index is 12.2. The Kier molecular flexibility index (Phi) is 6.45. The van der Waals surface area contributed by atoms with E-state index in [0.29, 0.717) is 19.5 Å². The summed E-state index contributed by atoms with van der Waals surface area (Å²) in [5, 5.41) is 3.06. The van der Waals surface area contributed by atoms with Crippen molar-refractivity contribution in [2.24, 2.45) is 0 Å². The lowest BCUT2D eigenvalue weighted by atomic mass is 10.0. The highest BCUT2D eigenvalue weighted by atomic mass is 16.6. The van der Waals surface area contributed by atoms with E-state index in [-0.39, 0.29) is 18.0 Å². The summed E-state index contributed by atoms with van der Waals surface area (Å²) < 4.78 is 5.39. The van der Waals surface area contributed by atoms with Gasteiger partial charge in [-0.15, -0.1) is 0 Å². The number of rotatable bonds is 4. The molecule has 1 N–H and O–H groups in total. The standard InChI is InChI=1S/C19H30N4O3/c1-19(2,3)26-18(25)23-10-8-15(9-11-23)21-17(24)12-14-6-7-16(20-13-14)22(4)5/h6-7,13,15H,8-12H2,1-5H3,(H,21,24). The summed E-state index contributed by atoms with van der Waals surface area (Å²) in [4.78, 5) is 32.3. The average Bonchev–Trinajstić information content (AvgIpc) is 2.54. The van der Waals surface area contributed by atoms with Crippen LogP contribution in [0.5, 0.6) is 0 Å². The van der Waals surface area contributed by atoms with Crippen LogP contribution in [-0.4, -0.2) is 60.7 Å². The molecule has 7 heteroatoms. The highest BCUT2D eigenvalue weighted by Gasteiger charge is 2.27. The Morgan fingerprint density at radius 2 is 1.92 bits per heavy atom. The number of carbonyl (C=O) groups is 2. The normalized spacial score (nSPS) is 15.5. The second-order valence-corrected chi connectivity index (χ2v) is 7.91. The number of aromatic nitrogens is 1. The topological polar surface area (TPSA) is 74.8 Å². The highest BCUT2D eigenvalue weighted by Crippen LogP contribution is 2.16. The fourth-order valence-electron chi connectivity index (χ4n) is 2.78. The fraction of sp³-hybridized carbons (Fsp3) is 0.632. The lowest BCUT2D eigenvalue weighted by Crippen LogP contribution is -2.48. The van der Waals surface area contributed by atoms with Crippen LogP contribution in [0.3, 0.4) is 0 Å². The highest BCUT2D eigenvalue weighted by molar-refractivity contribution is 5.79. The van der Waals surface area contributed by atoms with Gasteiger partial charge in [0.2, 0.25) is 5.91 Å². The van der Waals surface area contributed by atoms with Crippen LogP contribution in [0.4, 0.5) is 10.6 Å². The minimum Gasteiger partial charge on any atom is -0.444 e. The molecule has 1 fully saturated rings. The van der Waals surface area contributed by atoms with Crippen molar-refractivity contribution in [3.8, 4) is 0 Å². The van der Waals surface area contributed by atoms with E-state index in [9.17, 15) is 9.59 Å². The first-order valence-electron chi connectivity index (χ1n) is 9.03. The maximum atomic E-state index is 12.2. The van der Waals surface area contributed by atoms with Gasteiger partial charge in [0, 0.05) is 39.4 Å². The number of carbonyl (C=O) groups excluding carboxylic acids is 2. The molecular weight excluding hydrogens is 332 g/mol. The molecule has 1 aliphatic rings. The van der Waals surface area contributed by atoms with Crippen molar-refractivity contribution >= 4 is 17.8 Å². The summed E-state index contributed by atoms with van der Waals surface area (Å²) in [6.45, 7) is 6.77. The minimum absolute atomic E-state index is 0.0138. The summed E-state index contributed by atoms with van der Waals surface area (Å²) >= 11 is 0. The van der Waals surface area contributed by atoms with Crippen molar-refractivity contribution in [1.82, 2.24) is 15.2 Å². The Bertz CT molecular complexity index is 615. The molecular formula is C19H30N4O3. The number of nitrogens with one attached hydrogen (secondary N) is 1. The van der Waals surface area contributed by atoms with Crippen molar-refractivity contribution in [1.29, 1.82) is 0 Å². The van der Waals surface area contributed by atoms with Crippen molar-refractivity contribution in [2.75, 3.05) is 32.1 Å². The Labute approximate surface area is 155 Å². The molecule has 0 aromatic carbocycles.